The second-order valence-electron chi connectivity index (χ2n) is 2.99. The van der Waals surface area contributed by atoms with Gasteiger partial charge < -0.3 is 0 Å². The lowest BCUT2D eigenvalue weighted by Crippen LogP contribution is -2.21. The van der Waals surface area contributed by atoms with E-state index in [-0.39, 0.29) is 5.28 Å². The molecule has 0 saturated carbocycles. The van der Waals surface area contributed by atoms with Crippen LogP contribution in [0.4, 0.5) is 4.39 Å². The molecular weight excluding hydrogens is 221 g/mol. The quantitative estimate of drug-likeness (QED) is 0.738. The van der Waals surface area contributed by atoms with E-state index in [1.54, 1.807) is 6.07 Å². The number of halogens is 2. The van der Waals surface area contributed by atoms with E-state index in [0.29, 0.717) is 5.69 Å². The second-order valence-corrected chi connectivity index (χ2v) is 3.33. The molecule has 0 aliphatic rings. The lowest BCUT2D eigenvalue weighted by atomic mass is 10.3. The van der Waals surface area contributed by atoms with Crippen molar-refractivity contribution in [3.8, 4) is 5.69 Å². The van der Waals surface area contributed by atoms with Crippen molar-refractivity contribution in [2.45, 2.75) is 0 Å². The molecule has 0 unspecified atom stereocenters. The van der Waals surface area contributed by atoms with Crippen LogP contribution in [0.15, 0.2) is 29.1 Å². The van der Waals surface area contributed by atoms with Crippen molar-refractivity contribution in [3.05, 3.63) is 45.9 Å². The van der Waals surface area contributed by atoms with Crippen LogP contribution in [0.3, 0.4) is 0 Å². The zero-order valence-corrected chi connectivity index (χ0v) is 8.57. The van der Waals surface area contributed by atoms with E-state index >= 15 is 0 Å². The minimum Gasteiger partial charge on any atom is -0.246 e. The summed E-state index contributed by atoms with van der Waals surface area (Å²) in [5.74, 6) is -0.431. The van der Waals surface area contributed by atoms with Gasteiger partial charge in [0.15, 0.2) is 0 Å². The van der Waals surface area contributed by atoms with Gasteiger partial charge in [-0.2, -0.15) is 0 Å². The lowest BCUT2D eigenvalue weighted by Gasteiger charge is -2.00. The van der Waals surface area contributed by atoms with Gasteiger partial charge in [0, 0.05) is 7.05 Å². The number of aryl methyl sites for hydroxylation is 1. The molecule has 0 aliphatic carbocycles. The van der Waals surface area contributed by atoms with Gasteiger partial charge in [-0.3, -0.25) is 0 Å². The highest BCUT2D eigenvalue weighted by Crippen LogP contribution is 2.12. The number of nitrogens with zero attached hydrogens (tertiary/aromatic N) is 3. The van der Waals surface area contributed by atoms with Crippen LogP contribution < -0.4 is 5.69 Å². The maximum atomic E-state index is 12.9. The Hall–Kier alpha value is -1.62. The van der Waals surface area contributed by atoms with Gasteiger partial charge in [0.1, 0.15) is 5.82 Å². The molecule has 0 amide bonds. The summed E-state index contributed by atoms with van der Waals surface area (Å²) >= 11 is 5.75. The first-order chi connectivity index (χ1) is 7.09. The lowest BCUT2D eigenvalue weighted by molar-refractivity contribution is 0.626. The molecule has 0 spiro atoms. The third-order valence-corrected chi connectivity index (χ3v) is 2.20. The number of benzene rings is 1. The Morgan fingerprint density at radius 3 is 2.73 bits per heavy atom. The molecule has 1 aromatic heterocycles. The fourth-order valence-electron chi connectivity index (χ4n) is 1.27. The van der Waals surface area contributed by atoms with Crippen molar-refractivity contribution in [2.24, 2.45) is 7.05 Å². The van der Waals surface area contributed by atoms with E-state index in [1.165, 1.54) is 25.2 Å². The largest absolute Gasteiger partial charge is 0.351 e. The summed E-state index contributed by atoms with van der Waals surface area (Å²) < 4.78 is 15.2. The van der Waals surface area contributed by atoms with E-state index in [1.807, 2.05) is 0 Å². The van der Waals surface area contributed by atoms with E-state index in [0.717, 1.165) is 9.25 Å². The summed E-state index contributed by atoms with van der Waals surface area (Å²) in [5, 5.41) is 3.73. The first kappa shape index (κ1) is 9.92. The Labute approximate surface area is 89.5 Å². The minimum atomic E-state index is -0.431. The summed E-state index contributed by atoms with van der Waals surface area (Å²) in [4.78, 5) is 11.6. The molecule has 15 heavy (non-hydrogen) atoms. The summed E-state index contributed by atoms with van der Waals surface area (Å²) in [6.45, 7) is 0. The van der Waals surface area contributed by atoms with Crippen molar-refractivity contribution < 1.29 is 4.39 Å². The van der Waals surface area contributed by atoms with Gasteiger partial charge in [0.05, 0.1) is 5.69 Å². The van der Waals surface area contributed by atoms with Gasteiger partial charge >= 0.3 is 5.69 Å². The van der Waals surface area contributed by atoms with E-state index < -0.39 is 11.5 Å². The average Bonchev–Trinajstić information content (AvgIpc) is 2.41. The number of hydrogen-bond acceptors (Lipinski definition) is 2. The third-order valence-electron chi connectivity index (χ3n) is 1.95. The third kappa shape index (κ3) is 1.66. The van der Waals surface area contributed by atoms with E-state index in [2.05, 4.69) is 5.10 Å². The highest BCUT2D eigenvalue weighted by molar-refractivity contribution is 6.28. The predicted molar refractivity (Wildman–Crippen MR) is 53.8 cm³/mol. The first-order valence-corrected chi connectivity index (χ1v) is 4.55. The SMILES string of the molecule is Cn1nc(Cl)n(-c2cccc(F)c2)c1=O. The molecule has 0 bridgehead atoms. The molecular formula is C9H7ClFN3O. The Bertz CT molecular complexity index is 561. The highest BCUT2D eigenvalue weighted by Gasteiger charge is 2.10. The van der Waals surface area contributed by atoms with Crippen LogP contribution in [0.2, 0.25) is 5.28 Å². The van der Waals surface area contributed by atoms with E-state index in [9.17, 15) is 9.18 Å². The van der Waals surface area contributed by atoms with E-state index in [4.69, 9.17) is 11.6 Å². The smallest absolute Gasteiger partial charge is 0.246 e. The fraction of sp³-hybridized carbons (Fsp3) is 0.111. The van der Waals surface area contributed by atoms with Gasteiger partial charge in [-0.1, -0.05) is 6.07 Å². The maximum absolute atomic E-state index is 12.9. The number of rotatable bonds is 1. The van der Waals surface area contributed by atoms with Crippen LogP contribution in [0.25, 0.3) is 5.69 Å². The summed E-state index contributed by atoms with van der Waals surface area (Å²) in [6, 6.07) is 5.59. The van der Waals surface area contributed by atoms with Gasteiger partial charge in [-0.25, -0.2) is 18.4 Å². The summed E-state index contributed by atoms with van der Waals surface area (Å²) in [7, 11) is 1.48. The van der Waals surface area contributed by atoms with Crippen molar-refractivity contribution in [3.63, 3.8) is 0 Å². The van der Waals surface area contributed by atoms with Gasteiger partial charge in [0.2, 0.25) is 5.28 Å². The highest BCUT2D eigenvalue weighted by atomic mass is 35.5. The molecule has 2 rings (SSSR count). The minimum absolute atomic E-state index is 0.00750. The molecule has 2 aromatic rings. The van der Waals surface area contributed by atoms with Crippen LogP contribution in [0.1, 0.15) is 0 Å². The molecule has 0 atom stereocenters. The summed E-state index contributed by atoms with van der Waals surface area (Å²) in [5.41, 5.74) is -0.0521. The molecule has 6 heteroatoms. The summed E-state index contributed by atoms with van der Waals surface area (Å²) in [6.07, 6.45) is 0. The van der Waals surface area contributed by atoms with Gasteiger partial charge in [-0.15, -0.1) is 5.10 Å². The second kappa shape index (κ2) is 3.51. The van der Waals surface area contributed by atoms with Crippen LogP contribution in [0, 0.1) is 5.82 Å². The zero-order chi connectivity index (χ0) is 11.0. The normalized spacial score (nSPS) is 10.6. The Morgan fingerprint density at radius 2 is 2.20 bits per heavy atom. The number of hydrogen-bond donors (Lipinski definition) is 0. The predicted octanol–water partition coefficient (Wildman–Crippen LogP) is 1.36. The van der Waals surface area contributed by atoms with Gasteiger partial charge in [-0.05, 0) is 29.8 Å². The van der Waals surface area contributed by atoms with Crippen molar-refractivity contribution in [1.82, 2.24) is 14.3 Å². The van der Waals surface area contributed by atoms with Crippen LogP contribution >= 0.6 is 11.6 Å². The molecule has 0 fully saturated rings. The molecule has 0 radical (unpaired) electrons. The number of aromatic nitrogens is 3. The Morgan fingerprint density at radius 1 is 1.47 bits per heavy atom. The molecule has 1 heterocycles. The maximum Gasteiger partial charge on any atom is 0.351 e. The molecule has 0 N–H and O–H groups in total. The monoisotopic (exact) mass is 227 g/mol. The Balaban J connectivity index is 2.69. The molecule has 4 nitrogen and oxygen atoms in total. The van der Waals surface area contributed by atoms with Crippen molar-refractivity contribution in [1.29, 1.82) is 0 Å². The Kier molecular flexibility index (Phi) is 2.32. The van der Waals surface area contributed by atoms with Crippen molar-refractivity contribution in [2.75, 3.05) is 0 Å². The van der Waals surface area contributed by atoms with Crippen LogP contribution in [0.5, 0.6) is 0 Å². The molecule has 0 saturated heterocycles. The standard InChI is InChI=1S/C9H7ClFN3O/c1-13-9(15)14(8(10)12-13)7-4-2-3-6(11)5-7/h2-5H,1H3. The zero-order valence-electron chi connectivity index (χ0n) is 7.82. The fourth-order valence-corrected chi connectivity index (χ4v) is 1.55. The first-order valence-electron chi connectivity index (χ1n) is 4.17. The molecule has 78 valence electrons. The topological polar surface area (TPSA) is 39.8 Å². The average molecular weight is 228 g/mol. The van der Waals surface area contributed by atoms with Gasteiger partial charge in [0.25, 0.3) is 0 Å². The van der Waals surface area contributed by atoms with Crippen LogP contribution in [-0.4, -0.2) is 14.3 Å². The van der Waals surface area contributed by atoms with Crippen LogP contribution in [-0.2, 0) is 7.05 Å². The molecule has 1 aromatic carbocycles. The van der Waals surface area contributed by atoms with Crippen molar-refractivity contribution >= 4 is 11.6 Å². The molecule has 0 aliphatic heterocycles.